The highest BCUT2D eigenvalue weighted by molar-refractivity contribution is 8.00. The number of amides is 2. The summed E-state index contributed by atoms with van der Waals surface area (Å²) in [7, 11) is 1.64. The Morgan fingerprint density at radius 1 is 1.05 bits per heavy atom. The molecule has 5 rings (SSSR count). The molecule has 2 amide bonds. The minimum absolute atomic E-state index is 0.0916. The molecule has 2 heterocycles. The molecule has 206 valence electrons. The smallest absolute Gasteiger partial charge is 0.240 e. The molecule has 7 nitrogen and oxygen atoms in total. The maximum Gasteiger partial charge on any atom is 0.240 e. The summed E-state index contributed by atoms with van der Waals surface area (Å²) in [5, 5.41) is 7.97. The van der Waals surface area contributed by atoms with E-state index in [1.54, 1.807) is 23.8 Å². The monoisotopic (exact) mass is 554 g/mol. The highest BCUT2D eigenvalue weighted by atomic mass is 32.2. The van der Waals surface area contributed by atoms with Crippen LogP contribution in [-0.4, -0.2) is 54.2 Å². The molecule has 8 heteroatoms. The number of aryl methyl sites for hydroxylation is 2. The molecule has 0 bridgehead atoms. The number of para-hydroxylation sites is 1. The number of aromatic nitrogens is 2. The number of anilines is 1. The van der Waals surface area contributed by atoms with Gasteiger partial charge in [0.05, 0.1) is 22.4 Å². The Kier molecular flexibility index (Phi) is 8.67. The standard InChI is InChI=1S/C32H34N4O3S/c1-22-11-9-15-25(19-22)31-29-30(24-13-5-4-6-14-24)34-36(26-16-8-7-12-23(26)2)32(29)35(28(38)21-40-31)20-27(37)33-17-10-18-39-3/h4-9,11-16,19,31H,10,17-18,20-21H2,1-3H3,(H,33,37). The van der Waals surface area contributed by atoms with Crippen LogP contribution in [0.1, 0.15) is 33.9 Å². The molecule has 1 N–H and O–H groups in total. The average molecular weight is 555 g/mol. The van der Waals surface area contributed by atoms with Gasteiger partial charge in [-0.25, -0.2) is 4.68 Å². The molecule has 0 aliphatic carbocycles. The van der Waals surface area contributed by atoms with Crippen LogP contribution in [0, 0.1) is 13.8 Å². The molecule has 1 aliphatic heterocycles. The third-order valence-electron chi connectivity index (χ3n) is 6.97. The van der Waals surface area contributed by atoms with E-state index in [-0.39, 0.29) is 29.4 Å². The molecular weight excluding hydrogens is 520 g/mol. The maximum absolute atomic E-state index is 13.8. The lowest BCUT2D eigenvalue weighted by Crippen LogP contribution is -2.42. The summed E-state index contributed by atoms with van der Waals surface area (Å²) in [6.45, 7) is 5.05. The van der Waals surface area contributed by atoms with Crippen LogP contribution in [0.3, 0.4) is 0 Å². The van der Waals surface area contributed by atoms with Gasteiger partial charge < -0.3 is 10.1 Å². The minimum Gasteiger partial charge on any atom is -0.385 e. The van der Waals surface area contributed by atoms with Crippen molar-refractivity contribution in [2.75, 3.05) is 37.5 Å². The van der Waals surface area contributed by atoms with Crippen molar-refractivity contribution in [1.29, 1.82) is 0 Å². The first-order valence-corrected chi connectivity index (χ1v) is 14.5. The second-order valence-electron chi connectivity index (χ2n) is 9.93. The molecule has 0 radical (unpaired) electrons. The SMILES string of the molecule is COCCCNC(=O)CN1C(=O)CSC(c2cccc(C)c2)c2c(-c3ccccc3)nn(-c3ccccc3C)c21. The van der Waals surface area contributed by atoms with E-state index in [4.69, 9.17) is 9.84 Å². The fourth-order valence-electron chi connectivity index (χ4n) is 5.04. The number of fused-ring (bicyclic) bond motifs is 1. The Morgan fingerprint density at radius 2 is 1.82 bits per heavy atom. The molecule has 0 fully saturated rings. The molecule has 0 spiro atoms. The van der Waals surface area contributed by atoms with Gasteiger partial charge in [0.1, 0.15) is 12.4 Å². The van der Waals surface area contributed by atoms with Gasteiger partial charge in [-0.1, -0.05) is 78.4 Å². The number of thioether (sulfide) groups is 1. The van der Waals surface area contributed by atoms with Gasteiger partial charge in [-0.2, -0.15) is 5.10 Å². The Morgan fingerprint density at radius 3 is 2.58 bits per heavy atom. The number of carbonyl (C=O) groups is 2. The number of nitrogens with one attached hydrogen (secondary N) is 1. The number of hydrogen-bond acceptors (Lipinski definition) is 5. The van der Waals surface area contributed by atoms with E-state index in [1.807, 2.05) is 66.2 Å². The number of carbonyl (C=O) groups excluding carboxylic acids is 2. The fraction of sp³-hybridized carbons (Fsp3) is 0.281. The third-order valence-corrected chi connectivity index (χ3v) is 8.23. The molecular formula is C32H34N4O3S. The molecule has 1 atom stereocenters. The molecule has 4 aromatic rings. The van der Waals surface area contributed by atoms with Gasteiger partial charge in [-0.05, 0) is 37.5 Å². The summed E-state index contributed by atoms with van der Waals surface area (Å²) in [5.74, 6) is 0.546. The van der Waals surface area contributed by atoms with Crippen molar-refractivity contribution in [2.24, 2.45) is 0 Å². The van der Waals surface area contributed by atoms with Gasteiger partial charge in [0, 0.05) is 31.4 Å². The zero-order chi connectivity index (χ0) is 28.1. The van der Waals surface area contributed by atoms with Crippen LogP contribution in [0.4, 0.5) is 5.82 Å². The minimum atomic E-state index is -0.215. The number of methoxy groups -OCH3 is 1. The van der Waals surface area contributed by atoms with Crippen molar-refractivity contribution in [3.63, 3.8) is 0 Å². The average Bonchev–Trinajstić information content (AvgIpc) is 3.28. The van der Waals surface area contributed by atoms with Crippen LogP contribution < -0.4 is 10.2 Å². The number of hydrogen-bond donors (Lipinski definition) is 1. The van der Waals surface area contributed by atoms with E-state index in [0.717, 1.165) is 39.2 Å². The molecule has 40 heavy (non-hydrogen) atoms. The lowest BCUT2D eigenvalue weighted by molar-refractivity contribution is -0.122. The van der Waals surface area contributed by atoms with E-state index in [1.165, 1.54) is 0 Å². The topological polar surface area (TPSA) is 76.5 Å². The lowest BCUT2D eigenvalue weighted by atomic mass is 9.98. The highest BCUT2D eigenvalue weighted by Crippen LogP contribution is 2.48. The van der Waals surface area contributed by atoms with Crippen LogP contribution >= 0.6 is 11.8 Å². The van der Waals surface area contributed by atoms with Gasteiger partial charge in [0.2, 0.25) is 11.8 Å². The van der Waals surface area contributed by atoms with Gasteiger partial charge in [0.15, 0.2) is 0 Å². The zero-order valence-electron chi connectivity index (χ0n) is 23.1. The van der Waals surface area contributed by atoms with Gasteiger partial charge >= 0.3 is 0 Å². The molecule has 1 aliphatic rings. The first kappa shape index (κ1) is 27.7. The first-order chi connectivity index (χ1) is 19.5. The van der Waals surface area contributed by atoms with Crippen LogP contribution in [0.15, 0.2) is 78.9 Å². The fourth-order valence-corrected chi connectivity index (χ4v) is 6.23. The Hall–Kier alpha value is -3.88. The number of ether oxygens (including phenoxy) is 1. The summed E-state index contributed by atoms with van der Waals surface area (Å²) >= 11 is 1.58. The second-order valence-corrected chi connectivity index (χ2v) is 11.0. The van der Waals surface area contributed by atoms with Crippen molar-refractivity contribution in [3.8, 4) is 16.9 Å². The third kappa shape index (κ3) is 5.83. The van der Waals surface area contributed by atoms with Crippen LogP contribution in [-0.2, 0) is 14.3 Å². The normalized spacial score (nSPS) is 15.0. The van der Waals surface area contributed by atoms with Crippen molar-refractivity contribution < 1.29 is 14.3 Å². The Bertz CT molecular complexity index is 1500. The largest absolute Gasteiger partial charge is 0.385 e. The molecule has 0 saturated heterocycles. The van der Waals surface area contributed by atoms with Gasteiger partial charge in [-0.3, -0.25) is 14.5 Å². The van der Waals surface area contributed by atoms with Crippen molar-refractivity contribution in [2.45, 2.75) is 25.5 Å². The zero-order valence-corrected chi connectivity index (χ0v) is 23.9. The summed E-state index contributed by atoms with van der Waals surface area (Å²) < 4.78 is 6.97. The van der Waals surface area contributed by atoms with Gasteiger partial charge in [0.25, 0.3) is 0 Å². The highest BCUT2D eigenvalue weighted by Gasteiger charge is 2.37. The number of benzene rings is 3. The van der Waals surface area contributed by atoms with Crippen molar-refractivity contribution in [1.82, 2.24) is 15.1 Å². The van der Waals surface area contributed by atoms with Crippen LogP contribution in [0.5, 0.6) is 0 Å². The van der Waals surface area contributed by atoms with E-state index in [2.05, 4.69) is 36.5 Å². The summed E-state index contributed by atoms with van der Waals surface area (Å²) in [4.78, 5) is 28.6. The number of nitrogens with zero attached hydrogens (tertiary/aromatic N) is 3. The summed E-state index contributed by atoms with van der Waals surface area (Å²) in [6, 6.07) is 26.5. The maximum atomic E-state index is 13.8. The van der Waals surface area contributed by atoms with Crippen molar-refractivity contribution >= 4 is 29.4 Å². The molecule has 1 unspecified atom stereocenters. The van der Waals surface area contributed by atoms with Gasteiger partial charge in [-0.15, -0.1) is 11.8 Å². The second kappa shape index (κ2) is 12.5. The number of rotatable bonds is 9. The Balaban J connectivity index is 1.72. The lowest BCUT2D eigenvalue weighted by Gasteiger charge is -2.23. The van der Waals surface area contributed by atoms with Crippen molar-refractivity contribution in [3.05, 3.63) is 101 Å². The van der Waals surface area contributed by atoms with Crippen LogP contribution in [0.2, 0.25) is 0 Å². The van der Waals surface area contributed by atoms with E-state index in [9.17, 15) is 9.59 Å². The quantitative estimate of drug-likeness (QED) is 0.278. The molecule has 1 aromatic heterocycles. The van der Waals surface area contributed by atoms with E-state index in [0.29, 0.717) is 25.4 Å². The van der Waals surface area contributed by atoms with E-state index < -0.39 is 0 Å². The van der Waals surface area contributed by atoms with Crippen LogP contribution in [0.25, 0.3) is 16.9 Å². The first-order valence-electron chi connectivity index (χ1n) is 13.5. The molecule has 3 aromatic carbocycles. The predicted octanol–water partition coefficient (Wildman–Crippen LogP) is 5.48. The Labute approximate surface area is 239 Å². The summed E-state index contributed by atoms with van der Waals surface area (Å²) in [6.07, 6.45) is 0.700. The van der Waals surface area contributed by atoms with E-state index >= 15 is 0 Å². The molecule has 0 saturated carbocycles. The summed E-state index contributed by atoms with van der Waals surface area (Å²) in [5.41, 5.74) is 6.84. The predicted molar refractivity (Wildman–Crippen MR) is 161 cm³/mol.